The van der Waals surface area contributed by atoms with Crippen LogP contribution in [0.1, 0.15) is 34.3 Å². The second-order valence-corrected chi connectivity index (χ2v) is 4.93. The molecule has 0 aliphatic heterocycles. The van der Waals surface area contributed by atoms with E-state index in [-0.39, 0.29) is 17.5 Å². The van der Waals surface area contributed by atoms with Crippen LogP contribution in [0.3, 0.4) is 0 Å². The summed E-state index contributed by atoms with van der Waals surface area (Å²) in [6.45, 7) is 1.50. The van der Waals surface area contributed by atoms with Gasteiger partial charge in [-0.15, -0.1) is 0 Å². The smallest absolute Gasteiger partial charge is 0.174 e. The molecular formula is C17H14O2. The molecule has 3 rings (SSSR count). The number of ketones is 2. The summed E-state index contributed by atoms with van der Waals surface area (Å²) in [5.41, 5.74) is 2.69. The summed E-state index contributed by atoms with van der Waals surface area (Å²) in [5, 5.41) is 0. The van der Waals surface area contributed by atoms with Crippen LogP contribution in [0.15, 0.2) is 54.6 Å². The second-order valence-electron chi connectivity index (χ2n) is 4.93. The number of rotatable bonds is 2. The molecule has 0 aromatic heterocycles. The maximum atomic E-state index is 12.4. The van der Waals surface area contributed by atoms with Gasteiger partial charge in [0.2, 0.25) is 0 Å². The van der Waals surface area contributed by atoms with E-state index in [1.54, 1.807) is 0 Å². The van der Waals surface area contributed by atoms with E-state index in [0.717, 1.165) is 11.1 Å². The van der Waals surface area contributed by atoms with E-state index in [9.17, 15) is 9.59 Å². The monoisotopic (exact) mass is 250 g/mol. The van der Waals surface area contributed by atoms with Crippen molar-refractivity contribution in [2.45, 2.75) is 12.8 Å². The SMILES string of the molecule is CC(=O)C1C(=O)c2ccccc2C1c1ccccc1. The van der Waals surface area contributed by atoms with Gasteiger partial charge in [-0.1, -0.05) is 54.6 Å². The number of benzene rings is 2. The van der Waals surface area contributed by atoms with Gasteiger partial charge in [0.25, 0.3) is 0 Å². The van der Waals surface area contributed by atoms with Crippen molar-refractivity contribution in [3.63, 3.8) is 0 Å². The van der Waals surface area contributed by atoms with Gasteiger partial charge in [0.1, 0.15) is 5.78 Å². The molecule has 0 amide bonds. The second kappa shape index (κ2) is 4.47. The number of hydrogen-bond donors (Lipinski definition) is 0. The zero-order valence-corrected chi connectivity index (χ0v) is 10.7. The molecule has 2 atom stereocenters. The van der Waals surface area contributed by atoms with Crippen molar-refractivity contribution in [1.29, 1.82) is 0 Å². The molecule has 0 saturated carbocycles. The van der Waals surface area contributed by atoms with Gasteiger partial charge < -0.3 is 0 Å². The molecule has 2 heteroatoms. The molecule has 2 unspecified atom stereocenters. The van der Waals surface area contributed by atoms with E-state index in [1.165, 1.54) is 6.92 Å². The zero-order valence-electron chi connectivity index (χ0n) is 10.7. The minimum atomic E-state index is -0.570. The Bertz CT molecular complexity index is 643. The van der Waals surface area contributed by atoms with E-state index >= 15 is 0 Å². The molecular weight excluding hydrogens is 236 g/mol. The number of hydrogen-bond acceptors (Lipinski definition) is 2. The number of Topliss-reactive ketones (excluding diaryl/α,β-unsaturated/α-hetero) is 2. The highest BCUT2D eigenvalue weighted by atomic mass is 16.1. The van der Waals surface area contributed by atoms with Crippen LogP contribution in [0.5, 0.6) is 0 Å². The molecule has 94 valence electrons. The molecule has 0 heterocycles. The van der Waals surface area contributed by atoms with Crippen LogP contribution in [-0.4, -0.2) is 11.6 Å². The number of carbonyl (C=O) groups excluding carboxylic acids is 2. The van der Waals surface area contributed by atoms with Crippen LogP contribution >= 0.6 is 0 Å². The van der Waals surface area contributed by atoms with Crippen LogP contribution < -0.4 is 0 Å². The molecule has 2 aromatic rings. The Morgan fingerprint density at radius 3 is 2.26 bits per heavy atom. The van der Waals surface area contributed by atoms with Crippen LogP contribution in [-0.2, 0) is 4.79 Å². The molecule has 19 heavy (non-hydrogen) atoms. The third kappa shape index (κ3) is 1.80. The Balaban J connectivity index is 2.20. The number of fused-ring (bicyclic) bond motifs is 1. The summed E-state index contributed by atoms with van der Waals surface area (Å²) in [7, 11) is 0. The average Bonchev–Trinajstić information content (AvgIpc) is 2.74. The van der Waals surface area contributed by atoms with Crippen molar-refractivity contribution in [2.75, 3.05) is 0 Å². The first-order valence-electron chi connectivity index (χ1n) is 6.38. The third-order valence-corrected chi connectivity index (χ3v) is 3.77. The van der Waals surface area contributed by atoms with Crippen LogP contribution in [0.4, 0.5) is 0 Å². The fraction of sp³-hybridized carbons (Fsp3) is 0.176. The maximum Gasteiger partial charge on any atom is 0.174 e. The molecule has 0 radical (unpaired) electrons. The van der Waals surface area contributed by atoms with Crippen LogP contribution in [0, 0.1) is 5.92 Å². The summed E-state index contributed by atoms with van der Waals surface area (Å²) >= 11 is 0. The first-order valence-corrected chi connectivity index (χ1v) is 6.38. The fourth-order valence-electron chi connectivity index (χ4n) is 2.94. The first kappa shape index (κ1) is 11.8. The van der Waals surface area contributed by atoms with Crippen molar-refractivity contribution in [3.8, 4) is 0 Å². The van der Waals surface area contributed by atoms with Crippen molar-refractivity contribution in [2.24, 2.45) is 5.92 Å². The van der Waals surface area contributed by atoms with E-state index < -0.39 is 5.92 Å². The molecule has 0 spiro atoms. The number of carbonyl (C=O) groups is 2. The van der Waals surface area contributed by atoms with Crippen molar-refractivity contribution in [3.05, 3.63) is 71.3 Å². The van der Waals surface area contributed by atoms with Crippen LogP contribution in [0.25, 0.3) is 0 Å². The predicted octanol–water partition coefficient (Wildman–Crippen LogP) is 3.22. The van der Waals surface area contributed by atoms with E-state index in [1.807, 2.05) is 54.6 Å². The highest BCUT2D eigenvalue weighted by Crippen LogP contribution is 2.42. The average molecular weight is 250 g/mol. The Morgan fingerprint density at radius 1 is 0.947 bits per heavy atom. The molecule has 0 N–H and O–H groups in total. The largest absolute Gasteiger partial charge is 0.299 e. The summed E-state index contributed by atoms with van der Waals surface area (Å²) in [6.07, 6.45) is 0. The highest BCUT2D eigenvalue weighted by molar-refractivity contribution is 6.15. The minimum Gasteiger partial charge on any atom is -0.299 e. The Labute approximate surface area is 112 Å². The zero-order chi connectivity index (χ0) is 13.4. The molecule has 0 fully saturated rings. The fourth-order valence-corrected chi connectivity index (χ4v) is 2.94. The molecule has 1 aliphatic rings. The van der Waals surface area contributed by atoms with Gasteiger partial charge in [0, 0.05) is 11.5 Å². The van der Waals surface area contributed by atoms with Crippen molar-refractivity contribution >= 4 is 11.6 Å². The van der Waals surface area contributed by atoms with Gasteiger partial charge in [-0.25, -0.2) is 0 Å². The molecule has 0 saturated heterocycles. The third-order valence-electron chi connectivity index (χ3n) is 3.77. The summed E-state index contributed by atoms with van der Waals surface area (Å²) in [5.74, 6) is -0.811. The first-order chi connectivity index (χ1) is 9.20. The molecule has 0 bridgehead atoms. The summed E-state index contributed by atoms with van der Waals surface area (Å²) in [4.78, 5) is 24.3. The molecule has 2 nitrogen and oxygen atoms in total. The lowest BCUT2D eigenvalue weighted by Gasteiger charge is -2.17. The minimum absolute atomic E-state index is 0.0445. The standard InChI is InChI=1S/C17H14O2/c1-11(18)15-16(12-7-3-2-4-8-12)13-9-5-6-10-14(13)17(15)19/h2-10,15-16H,1H3. The van der Waals surface area contributed by atoms with Gasteiger partial charge in [-0.3, -0.25) is 9.59 Å². The van der Waals surface area contributed by atoms with Gasteiger partial charge in [0.05, 0.1) is 5.92 Å². The maximum absolute atomic E-state index is 12.4. The van der Waals surface area contributed by atoms with E-state index in [4.69, 9.17) is 0 Å². The summed E-state index contributed by atoms with van der Waals surface area (Å²) < 4.78 is 0. The normalized spacial score (nSPS) is 21.2. The van der Waals surface area contributed by atoms with Crippen molar-refractivity contribution < 1.29 is 9.59 Å². The predicted molar refractivity (Wildman–Crippen MR) is 73.2 cm³/mol. The lowest BCUT2D eigenvalue weighted by molar-refractivity contribution is -0.119. The van der Waals surface area contributed by atoms with Gasteiger partial charge >= 0.3 is 0 Å². The summed E-state index contributed by atoms with van der Waals surface area (Å²) in [6, 6.07) is 17.3. The topological polar surface area (TPSA) is 34.1 Å². The van der Waals surface area contributed by atoms with Gasteiger partial charge in [0.15, 0.2) is 5.78 Å². The Hall–Kier alpha value is -2.22. The quantitative estimate of drug-likeness (QED) is 0.767. The lowest BCUT2D eigenvalue weighted by atomic mass is 9.83. The van der Waals surface area contributed by atoms with E-state index in [0.29, 0.717) is 5.56 Å². The Kier molecular flexibility index (Phi) is 2.79. The van der Waals surface area contributed by atoms with Crippen molar-refractivity contribution in [1.82, 2.24) is 0 Å². The Morgan fingerprint density at radius 2 is 1.58 bits per heavy atom. The molecule has 1 aliphatic carbocycles. The van der Waals surface area contributed by atoms with Gasteiger partial charge in [-0.05, 0) is 18.1 Å². The van der Waals surface area contributed by atoms with Gasteiger partial charge in [-0.2, -0.15) is 0 Å². The van der Waals surface area contributed by atoms with E-state index in [2.05, 4.69) is 0 Å². The lowest BCUT2D eigenvalue weighted by Crippen LogP contribution is -2.22. The highest BCUT2D eigenvalue weighted by Gasteiger charge is 2.42. The van der Waals surface area contributed by atoms with Crippen LogP contribution in [0.2, 0.25) is 0 Å². The molecule has 2 aromatic carbocycles.